The van der Waals surface area contributed by atoms with Crippen LogP contribution in [0.5, 0.6) is 11.5 Å². The molecule has 0 aliphatic heterocycles. The van der Waals surface area contributed by atoms with Crippen LogP contribution < -0.4 is 14.8 Å². The van der Waals surface area contributed by atoms with Crippen LogP contribution in [0.1, 0.15) is 27.7 Å². The van der Waals surface area contributed by atoms with Gasteiger partial charge in [0.2, 0.25) is 0 Å². The summed E-state index contributed by atoms with van der Waals surface area (Å²) < 4.78 is 10.4. The Labute approximate surface area is 133 Å². The number of anilines is 1. The normalized spacial score (nSPS) is 10.7. The van der Waals surface area contributed by atoms with Crippen LogP contribution in [0.3, 0.4) is 0 Å². The zero-order chi connectivity index (χ0) is 16.7. The first-order valence-corrected chi connectivity index (χ1v) is 7.64. The Hall–Kier alpha value is -1.91. The van der Waals surface area contributed by atoms with Gasteiger partial charge in [-0.1, -0.05) is 27.7 Å². The van der Waals surface area contributed by atoms with Gasteiger partial charge in [-0.15, -0.1) is 0 Å². The molecule has 124 valence electrons. The van der Waals surface area contributed by atoms with Gasteiger partial charge in [0, 0.05) is 37.0 Å². The van der Waals surface area contributed by atoms with E-state index in [1.54, 1.807) is 32.4 Å². The van der Waals surface area contributed by atoms with Crippen molar-refractivity contribution in [1.82, 2.24) is 4.90 Å². The lowest BCUT2D eigenvalue weighted by atomic mass is 10.1. The molecule has 0 spiro atoms. The molecular formula is C17H28N2O3. The van der Waals surface area contributed by atoms with Crippen LogP contribution in [-0.2, 0) is 0 Å². The number of carbonyl (C=O) groups is 1. The lowest BCUT2D eigenvalue weighted by Gasteiger charge is -2.26. The van der Waals surface area contributed by atoms with Crippen molar-refractivity contribution < 1.29 is 14.3 Å². The summed E-state index contributed by atoms with van der Waals surface area (Å²) >= 11 is 0. The summed E-state index contributed by atoms with van der Waals surface area (Å²) in [5.41, 5.74) is 0.665. The van der Waals surface area contributed by atoms with Gasteiger partial charge in [0.15, 0.2) is 0 Å². The van der Waals surface area contributed by atoms with Crippen LogP contribution in [0.15, 0.2) is 18.2 Å². The van der Waals surface area contributed by atoms with Crippen LogP contribution in [0.2, 0.25) is 0 Å². The molecule has 5 heteroatoms. The molecule has 0 radical (unpaired) electrons. The van der Waals surface area contributed by atoms with Gasteiger partial charge in [0.1, 0.15) is 11.5 Å². The molecule has 1 aromatic rings. The number of carbonyl (C=O) groups excluding carboxylic acids is 1. The molecule has 0 aliphatic rings. The minimum Gasteiger partial charge on any atom is -0.497 e. The molecule has 1 rings (SSSR count). The smallest absolute Gasteiger partial charge is 0.321 e. The molecule has 5 nitrogen and oxygen atoms in total. The highest BCUT2D eigenvalue weighted by atomic mass is 16.5. The van der Waals surface area contributed by atoms with Crippen molar-refractivity contribution in [3.8, 4) is 11.5 Å². The maximum atomic E-state index is 12.5. The average molecular weight is 308 g/mol. The molecule has 0 aliphatic carbocycles. The monoisotopic (exact) mass is 308 g/mol. The molecule has 2 amide bonds. The minimum atomic E-state index is -0.0993. The summed E-state index contributed by atoms with van der Waals surface area (Å²) in [6.45, 7) is 9.88. The highest BCUT2D eigenvalue weighted by molar-refractivity contribution is 5.89. The van der Waals surface area contributed by atoms with Crippen molar-refractivity contribution in [2.45, 2.75) is 27.7 Å². The molecule has 1 N–H and O–H groups in total. The van der Waals surface area contributed by atoms with Crippen molar-refractivity contribution in [2.24, 2.45) is 11.8 Å². The Morgan fingerprint density at radius 1 is 1.00 bits per heavy atom. The maximum Gasteiger partial charge on any atom is 0.321 e. The summed E-state index contributed by atoms with van der Waals surface area (Å²) in [6.07, 6.45) is 0. The Kier molecular flexibility index (Phi) is 7.02. The van der Waals surface area contributed by atoms with Gasteiger partial charge in [-0.05, 0) is 11.8 Å². The van der Waals surface area contributed by atoms with Gasteiger partial charge in [0.05, 0.1) is 14.2 Å². The SMILES string of the molecule is COc1cc(NC(=O)N(CC(C)C)CC(C)C)cc(OC)c1. The summed E-state index contributed by atoms with van der Waals surface area (Å²) in [7, 11) is 3.18. The minimum absolute atomic E-state index is 0.0993. The van der Waals surface area contributed by atoms with Crippen molar-refractivity contribution in [1.29, 1.82) is 0 Å². The molecule has 0 atom stereocenters. The van der Waals surface area contributed by atoms with Crippen LogP contribution in [0.4, 0.5) is 10.5 Å². The fourth-order valence-electron chi connectivity index (χ4n) is 2.20. The van der Waals surface area contributed by atoms with Crippen LogP contribution in [-0.4, -0.2) is 38.2 Å². The molecule has 0 fully saturated rings. The zero-order valence-electron chi connectivity index (χ0n) is 14.5. The van der Waals surface area contributed by atoms with Gasteiger partial charge < -0.3 is 19.7 Å². The number of rotatable bonds is 7. The highest BCUT2D eigenvalue weighted by Crippen LogP contribution is 2.26. The van der Waals surface area contributed by atoms with E-state index in [1.165, 1.54) is 0 Å². The van der Waals surface area contributed by atoms with Crippen molar-refractivity contribution in [3.63, 3.8) is 0 Å². The largest absolute Gasteiger partial charge is 0.497 e. The van der Waals surface area contributed by atoms with E-state index in [0.717, 1.165) is 13.1 Å². The van der Waals surface area contributed by atoms with E-state index in [2.05, 4.69) is 33.0 Å². The van der Waals surface area contributed by atoms with E-state index in [0.29, 0.717) is 29.0 Å². The zero-order valence-corrected chi connectivity index (χ0v) is 14.5. The van der Waals surface area contributed by atoms with Crippen LogP contribution in [0.25, 0.3) is 0 Å². The summed E-state index contributed by atoms with van der Waals surface area (Å²) in [5, 5.41) is 2.93. The second kappa shape index (κ2) is 8.51. The van der Waals surface area contributed by atoms with Gasteiger partial charge in [-0.3, -0.25) is 0 Å². The van der Waals surface area contributed by atoms with E-state index in [1.807, 2.05) is 4.90 Å². The summed E-state index contributed by atoms with van der Waals surface area (Å²) in [6, 6.07) is 5.24. The molecule has 1 aromatic carbocycles. The Morgan fingerprint density at radius 3 is 1.82 bits per heavy atom. The standard InChI is InChI=1S/C17H28N2O3/c1-12(2)10-19(11-13(3)4)17(20)18-14-7-15(21-5)9-16(8-14)22-6/h7-9,12-13H,10-11H2,1-6H3,(H,18,20). The Bertz CT molecular complexity index is 455. The lowest BCUT2D eigenvalue weighted by molar-refractivity contribution is 0.196. The van der Waals surface area contributed by atoms with E-state index < -0.39 is 0 Å². The van der Waals surface area contributed by atoms with Gasteiger partial charge >= 0.3 is 6.03 Å². The van der Waals surface area contributed by atoms with Crippen molar-refractivity contribution in [2.75, 3.05) is 32.6 Å². The lowest BCUT2D eigenvalue weighted by Crippen LogP contribution is -2.39. The second-order valence-corrected chi connectivity index (χ2v) is 6.22. The summed E-state index contributed by atoms with van der Waals surface area (Å²) in [4.78, 5) is 14.4. The first-order chi connectivity index (χ1) is 10.3. The number of ether oxygens (including phenoxy) is 2. The third kappa shape index (κ3) is 5.84. The maximum absolute atomic E-state index is 12.5. The topological polar surface area (TPSA) is 50.8 Å². The molecule has 0 saturated heterocycles. The first kappa shape index (κ1) is 18.1. The van der Waals surface area contributed by atoms with E-state index in [-0.39, 0.29) is 6.03 Å². The van der Waals surface area contributed by atoms with E-state index in [4.69, 9.17) is 9.47 Å². The number of urea groups is 1. The van der Waals surface area contributed by atoms with Crippen molar-refractivity contribution in [3.05, 3.63) is 18.2 Å². The molecule has 0 aromatic heterocycles. The number of nitrogens with one attached hydrogen (secondary N) is 1. The predicted octanol–water partition coefficient (Wildman–Crippen LogP) is 3.85. The molecule has 0 unspecified atom stereocenters. The van der Waals surface area contributed by atoms with E-state index >= 15 is 0 Å². The molecule has 22 heavy (non-hydrogen) atoms. The fraction of sp³-hybridized carbons (Fsp3) is 0.588. The van der Waals surface area contributed by atoms with E-state index in [9.17, 15) is 4.79 Å². The van der Waals surface area contributed by atoms with Crippen molar-refractivity contribution >= 4 is 11.7 Å². The number of amides is 2. The number of nitrogens with zero attached hydrogens (tertiary/aromatic N) is 1. The first-order valence-electron chi connectivity index (χ1n) is 7.64. The number of hydrogen-bond donors (Lipinski definition) is 1. The number of benzene rings is 1. The predicted molar refractivity (Wildman–Crippen MR) is 89.8 cm³/mol. The molecular weight excluding hydrogens is 280 g/mol. The van der Waals surface area contributed by atoms with Gasteiger partial charge in [0.25, 0.3) is 0 Å². The average Bonchev–Trinajstić information content (AvgIpc) is 2.45. The number of methoxy groups -OCH3 is 2. The quantitative estimate of drug-likeness (QED) is 0.832. The third-order valence-electron chi connectivity index (χ3n) is 3.06. The van der Waals surface area contributed by atoms with Crippen LogP contribution >= 0.6 is 0 Å². The summed E-state index contributed by atoms with van der Waals surface area (Å²) in [5.74, 6) is 2.14. The molecule has 0 heterocycles. The molecule has 0 saturated carbocycles. The fourth-order valence-corrected chi connectivity index (χ4v) is 2.20. The number of hydrogen-bond acceptors (Lipinski definition) is 3. The Balaban J connectivity index is 2.87. The highest BCUT2D eigenvalue weighted by Gasteiger charge is 2.17. The van der Waals surface area contributed by atoms with Crippen LogP contribution in [0, 0.1) is 11.8 Å². The Morgan fingerprint density at radius 2 is 1.45 bits per heavy atom. The second-order valence-electron chi connectivity index (χ2n) is 6.22. The van der Waals surface area contributed by atoms with Gasteiger partial charge in [-0.25, -0.2) is 4.79 Å². The molecule has 0 bridgehead atoms. The third-order valence-corrected chi connectivity index (χ3v) is 3.06. The van der Waals surface area contributed by atoms with Gasteiger partial charge in [-0.2, -0.15) is 0 Å².